The molecule has 4 aromatic rings. The summed E-state index contributed by atoms with van der Waals surface area (Å²) in [6.07, 6.45) is 4.94. The molecule has 0 radical (unpaired) electrons. The monoisotopic (exact) mass is 486 g/mol. The number of anilines is 1. The van der Waals surface area contributed by atoms with Crippen LogP contribution in [0, 0.1) is 6.92 Å². The van der Waals surface area contributed by atoms with Gasteiger partial charge in [-0.25, -0.2) is 9.67 Å². The van der Waals surface area contributed by atoms with E-state index < -0.39 is 5.60 Å². The summed E-state index contributed by atoms with van der Waals surface area (Å²) in [4.78, 5) is 19.8. The zero-order chi connectivity index (χ0) is 24.4. The van der Waals surface area contributed by atoms with E-state index >= 15 is 0 Å². The number of hydrogen-bond acceptors (Lipinski definition) is 5. The minimum Gasteiger partial charge on any atom is -0.385 e. The maximum atomic E-state index is 13.0. The number of Topliss-reactive ketones (excluding diaryl/α,β-unsaturated/α-hetero) is 1. The molecule has 1 aliphatic heterocycles. The molecule has 1 aliphatic rings. The first-order valence-corrected chi connectivity index (χ1v) is 12.1. The van der Waals surface area contributed by atoms with E-state index in [1.165, 1.54) is 0 Å². The third-order valence-corrected chi connectivity index (χ3v) is 7.03. The van der Waals surface area contributed by atoms with Gasteiger partial charge in [0.2, 0.25) is 0 Å². The van der Waals surface area contributed by atoms with Crippen LogP contribution in [-0.2, 0) is 12.0 Å². The molecular formula is C28H27ClN4O2. The van der Waals surface area contributed by atoms with E-state index in [-0.39, 0.29) is 12.2 Å². The molecule has 35 heavy (non-hydrogen) atoms. The lowest BCUT2D eigenvalue weighted by Crippen LogP contribution is -2.42. The lowest BCUT2D eigenvalue weighted by atomic mass is 9.84. The van der Waals surface area contributed by atoms with Crippen LogP contribution in [0.15, 0.2) is 79.1 Å². The maximum Gasteiger partial charge on any atom is 0.170 e. The SMILES string of the molecule is Cc1c(C(=O)Cc2ccc(N3CCC(O)(c4ccccc4)CC3)nc2)cnn1-c1ccc(Cl)cc1. The highest BCUT2D eigenvalue weighted by Gasteiger charge is 2.34. The Morgan fingerprint density at radius 3 is 2.37 bits per heavy atom. The third kappa shape index (κ3) is 4.85. The number of rotatable bonds is 6. The fraction of sp³-hybridized carbons (Fsp3) is 0.250. The summed E-state index contributed by atoms with van der Waals surface area (Å²) in [6.45, 7) is 3.34. The van der Waals surface area contributed by atoms with E-state index in [4.69, 9.17) is 11.6 Å². The zero-order valence-electron chi connectivity index (χ0n) is 19.6. The van der Waals surface area contributed by atoms with Crippen molar-refractivity contribution in [3.8, 4) is 5.69 Å². The molecule has 0 bridgehead atoms. The van der Waals surface area contributed by atoms with Crippen molar-refractivity contribution in [3.05, 3.63) is 107 Å². The normalized spacial score (nSPS) is 15.2. The van der Waals surface area contributed by atoms with Crippen LogP contribution in [-0.4, -0.2) is 38.7 Å². The predicted molar refractivity (Wildman–Crippen MR) is 137 cm³/mol. The van der Waals surface area contributed by atoms with Gasteiger partial charge in [-0.3, -0.25) is 4.79 Å². The van der Waals surface area contributed by atoms with Crippen molar-refractivity contribution in [1.82, 2.24) is 14.8 Å². The van der Waals surface area contributed by atoms with E-state index in [0.717, 1.165) is 41.4 Å². The van der Waals surface area contributed by atoms with Crippen molar-refractivity contribution in [2.24, 2.45) is 0 Å². The minimum atomic E-state index is -0.793. The Kier molecular flexibility index (Phi) is 6.41. The van der Waals surface area contributed by atoms with Crippen LogP contribution in [0.5, 0.6) is 0 Å². The average molecular weight is 487 g/mol. The molecule has 1 fully saturated rings. The molecule has 3 heterocycles. The second-order valence-corrected chi connectivity index (χ2v) is 9.48. The number of aromatic nitrogens is 3. The van der Waals surface area contributed by atoms with Crippen molar-refractivity contribution in [2.75, 3.05) is 18.0 Å². The first-order valence-electron chi connectivity index (χ1n) is 11.7. The average Bonchev–Trinajstić information content (AvgIpc) is 3.27. The van der Waals surface area contributed by atoms with Gasteiger partial charge in [-0.2, -0.15) is 5.10 Å². The Morgan fingerprint density at radius 2 is 1.71 bits per heavy atom. The van der Waals surface area contributed by atoms with Gasteiger partial charge in [-0.1, -0.05) is 48.0 Å². The van der Waals surface area contributed by atoms with E-state index in [2.05, 4.69) is 15.0 Å². The van der Waals surface area contributed by atoms with E-state index in [1.807, 2.05) is 61.5 Å². The molecule has 178 valence electrons. The summed E-state index contributed by atoms with van der Waals surface area (Å²) in [5.41, 5.74) is 3.28. The molecule has 2 aromatic heterocycles. The number of benzene rings is 2. The van der Waals surface area contributed by atoms with Crippen LogP contribution < -0.4 is 4.90 Å². The summed E-state index contributed by atoms with van der Waals surface area (Å²) in [5.74, 6) is 0.867. The lowest BCUT2D eigenvalue weighted by molar-refractivity contribution is 0.0116. The number of piperidine rings is 1. The maximum absolute atomic E-state index is 13.0. The van der Waals surface area contributed by atoms with E-state index in [9.17, 15) is 9.90 Å². The van der Waals surface area contributed by atoms with Crippen molar-refractivity contribution in [1.29, 1.82) is 0 Å². The minimum absolute atomic E-state index is 0.00293. The Hall–Kier alpha value is -3.48. The van der Waals surface area contributed by atoms with Crippen molar-refractivity contribution in [3.63, 3.8) is 0 Å². The second kappa shape index (κ2) is 9.64. The highest BCUT2D eigenvalue weighted by atomic mass is 35.5. The molecule has 6 nitrogen and oxygen atoms in total. The highest BCUT2D eigenvalue weighted by Crippen LogP contribution is 2.34. The molecular weight excluding hydrogens is 460 g/mol. The van der Waals surface area contributed by atoms with Gasteiger partial charge in [0.15, 0.2) is 5.78 Å². The Balaban J connectivity index is 1.22. The summed E-state index contributed by atoms with van der Waals surface area (Å²) in [5, 5.41) is 16.1. The van der Waals surface area contributed by atoms with Crippen LogP contribution in [0.3, 0.4) is 0 Å². The van der Waals surface area contributed by atoms with Gasteiger partial charge < -0.3 is 10.0 Å². The number of ketones is 1. The van der Waals surface area contributed by atoms with Crippen LogP contribution in [0.2, 0.25) is 5.02 Å². The van der Waals surface area contributed by atoms with E-state index in [1.54, 1.807) is 29.2 Å². The number of carbonyl (C=O) groups is 1. The summed E-state index contributed by atoms with van der Waals surface area (Å²) in [7, 11) is 0. The quantitative estimate of drug-likeness (QED) is 0.382. The first-order chi connectivity index (χ1) is 16.9. The molecule has 5 rings (SSSR count). The van der Waals surface area contributed by atoms with Crippen LogP contribution in [0.25, 0.3) is 5.69 Å². The Bertz CT molecular complexity index is 1310. The highest BCUT2D eigenvalue weighted by molar-refractivity contribution is 6.30. The van der Waals surface area contributed by atoms with Crippen LogP contribution in [0.4, 0.5) is 5.82 Å². The van der Waals surface area contributed by atoms with Crippen molar-refractivity contribution in [2.45, 2.75) is 31.8 Å². The standard InChI is InChI=1S/C28H27ClN4O2/c1-20-25(19-31-33(20)24-10-8-23(29)9-11-24)26(34)17-21-7-12-27(30-18-21)32-15-13-28(35,14-16-32)22-5-3-2-4-6-22/h2-12,18-19,35H,13-17H2,1H3. The van der Waals surface area contributed by atoms with Gasteiger partial charge in [-0.05, 0) is 61.2 Å². The van der Waals surface area contributed by atoms with Gasteiger partial charge in [0.25, 0.3) is 0 Å². The second-order valence-electron chi connectivity index (χ2n) is 9.04. The number of aliphatic hydroxyl groups is 1. The van der Waals surface area contributed by atoms with E-state index in [0.29, 0.717) is 23.4 Å². The smallest absolute Gasteiger partial charge is 0.170 e. The van der Waals surface area contributed by atoms with Gasteiger partial charge in [-0.15, -0.1) is 0 Å². The first kappa shape index (κ1) is 23.3. The van der Waals surface area contributed by atoms with Crippen LogP contribution in [0.1, 0.15) is 40.0 Å². The molecule has 1 saturated heterocycles. The molecule has 2 aromatic carbocycles. The lowest BCUT2D eigenvalue weighted by Gasteiger charge is -2.39. The Morgan fingerprint density at radius 1 is 1.00 bits per heavy atom. The number of hydrogen-bond donors (Lipinski definition) is 1. The summed E-state index contributed by atoms with van der Waals surface area (Å²) < 4.78 is 1.75. The topological polar surface area (TPSA) is 71.2 Å². The van der Waals surface area contributed by atoms with Gasteiger partial charge in [0.1, 0.15) is 5.82 Å². The fourth-order valence-corrected chi connectivity index (χ4v) is 4.78. The molecule has 0 saturated carbocycles. The summed E-state index contributed by atoms with van der Waals surface area (Å²) in [6, 6.07) is 21.1. The van der Waals surface area contributed by atoms with Gasteiger partial charge in [0, 0.05) is 30.7 Å². The van der Waals surface area contributed by atoms with Gasteiger partial charge >= 0.3 is 0 Å². The molecule has 7 heteroatoms. The molecule has 0 aliphatic carbocycles. The van der Waals surface area contributed by atoms with Crippen LogP contribution >= 0.6 is 11.6 Å². The molecule has 0 amide bonds. The number of carbonyl (C=O) groups excluding carboxylic acids is 1. The largest absolute Gasteiger partial charge is 0.385 e. The number of nitrogens with zero attached hydrogens (tertiary/aromatic N) is 4. The molecule has 0 spiro atoms. The number of halogens is 1. The fourth-order valence-electron chi connectivity index (χ4n) is 4.66. The Labute approximate surface area is 209 Å². The molecule has 0 unspecified atom stereocenters. The third-order valence-electron chi connectivity index (χ3n) is 6.78. The van der Waals surface area contributed by atoms with Gasteiger partial charge in [0.05, 0.1) is 28.7 Å². The predicted octanol–water partition coefficient (Wildman–Crippen LogP) is 5.14. The molecule has 0 atom stereocenters. The zero-order valence-corrected chi connectivity index (χ0v) is 20.3. The van der Waals surface area contributed by atoms with Crippen molar-refractivity contribution < 1.29 is 9.90 Å². The van der Waals surface area contributed by atoms with Crippen molar-refractivity contribution >= 4 is 23.2 Å². The number of pyridine rings is 1. The molecule has 1 N–H and O–H groups in total. The summed E-state index contributed by atoms with van der Waals surface area (Å²) >= 11 is 5.98.